The number of nitrogens with zero attached hydrogens (tertiary/aromatic N) is 1. The Kier molecular flexibility index (Phi) is 13.6. The first-order valence-corrected chi connectivity index (χ1v) is 8.77. The predicted octanol–water partition coefficient (Wildman–Crippen LogP) is 2.96. The summed E-state index contributed by atoms with van der Waals surface area (Å²) in [6.07, 6.45) is -3.06. The molecule has 0 saturated carbocycles. The van der Waals surface area contributed by atoms with Crippen LogP contribution in [0, 0.1) is 0 Å². The molecule has 0 saturated heterocycles. The molecule has 1 aromatic rings. The summed E-state index contributed by atoms with van der Waals surface area (Å²) in [6, 6.07) is 7.07. The van der Waals surface area contributed by atoms with Crippen LogP contribution in [0.25, 0.3) is 0 Å². The minimum Gasteiger partial charge on any atom is -0.367 e. The van der Waals surface area contributed by atoms with Crippen LogP contribution < -0.4 is 16.0 Å². The summed E-state index contributed by atoms with van der Waals surface area (Å²) < 4.78 is 40.8. The Morgan fingerprint density at radius 2 is 1.71 bits per heavy atom. The van der Waals surface area contributed by atoms with Crippen molar-refractivity contribution in [3.63, 3.8) is 0 Å². The average molecular weight is 516 g/mol. The van der Waals surface area contributed by atoms with Crippen molar-refractivity contribution in [3.05, 3.63) is 35.4 Å². The quantitative estimate of drug-likeness (QED) is 0.254. The molecule has 0 aliphatic heterocycles. The van der Waals surface area contributed by atoms with Crippen molar-refractivity contribution in [2.24, 2.45) is 4.99 Å². The van der Waals surface area contributed by atoms with Gasteiger partial charge in [-0.25, -0.2) is 0 Å². The van der Waals surface area contributed by atoms with E-state index < -0.39 is 12.8 Å². The van der Waals surface area contributed by atoms with Gasteiger partial charge in [0, 0.05) is 33.1 Å². The highest BCUT2D eigenvalue weighted by Gasteiger charge is 2.27. The van der Waals surface area contributed by atoms with Crippen LogP contribution in [0.5, 0.6) is 0 Å². The first kappa shape index (κ1) is 26.4. The van der Waals surface area contributed by atoms with Gasteiger partial charge in [-0.15, -0.1) is 24.0 Å². The van der Waals surface area contributed by atoms with E-state index in [1.807, 2.05) is 19.1 Å². The molecule has 0 aliphatic rings. The number of carbonyl (C=O) groups is 1. The summed E-state index contributed by atoms with van der Waals surface area (Å²) in [7, 11) is 1.63. The molecule has 0 bridgehead atoms. The van der Waals surface area contributed by atoms with Gasteiger partial charge in [0.25, 0.3) is 0 Å². The van der Waals surface area contributed by atoms with Gasteiger partial charge < -0.3 is 20.7 Å². The fourth-order valence-corrected chi connectivity index (χ4v) is 2.09. The number of halogens is 4. The molecule has 0 unspecified atom stereocenters. The topological polar surface area (TPSA) is 74.8 Å². The average Bonchev–Trinajstić information content (AvgIpc) is 2.62. The largest absolute Gasteiger partial charge is 0.411 e. The highest BCUT2D eigenvalue weighted by Crippen LogP contribution is 2.15. The van der Waals surface area contributed by atoms with Crippen LogP contribution in [-0.4, -0.2) is 44.8 Å². The van der Waals surface area contributed by atoms with Crippen LogP contribution in [0.1, 0.15) is 30.9 Å². The Balaban J connectivity index is 0.00000729. The van der Waals surface area contributed by atoms with E-state index in [1.165, 1.54) is 0 Å². The summed E-state index contributed by atoms with van der Waals surface area (Å²) in [5, 5.41) is 8.96. The molecule has 28 heavy (non-hydrogen) atoms. The highest BCUT2D eigenvalue weighted by atomic mass is 127. The monoisotopic (exact) mass is 516 g/mol. The second-order valence-electron chi connectivity index (χ2n) is 5.88. The van der Waals surface area contributed by atoms with Gasteiger partial charge >= 0.3 is 6.18 Å². The Labute approximate surface area is 180 Å². The number of alkyl halides is 3. The normalized spacial score (nSPS) is 11.5. The highest BCUT2D eigenvalue weighted by molar-refractivity contribution is 14.0. The van der Waals surface area contributed by atoms with Crippen LogP contribution in [0.3, 0.4) is 0 Å². The first-order valence-electron chi connectivity index (χ1n) is 8.77. The molecule has 0 fully saturated rings. The summed E-state index contributed by atoms with van der Waals surface area (Å²) in [6.45, 7) is 2.27. The molecule has 0 heterocycles. The molecule has 6 nitrogen and oxygen atoms in total. The molecule has 10 heteroatoms. The minimum atomic E-state index is -4.32. The fraction of sp³-hybridized carbons (Fsp3) is 0.556. The van der Waals surface area contributed by atoms with E-state index in [0.717, 1.165) is 12.0 Å². The summed E-state index contributed by atoms with van der Waals surface area (Å²) >= 11 is 0. The van der Waals surface area contributed by atoms with Crippen molar-refractivity contribution in [2.75, 3.05) is 26.7 Å². The molecule has 1 amide bonds. The van der Waals surface area contributed by atoms with Crippen LogP contribution in [0.2, 0.25) is 0 Å². The number of nitrogens with one attached hydrogen (secondary N) is 3. The molecule has 3 N–H and O–H groups in total. The van der Waals surface area contributed by atoms with Gasteiger partial charge in [0.2, 0.25) is 5.91 Å². The number of rotatable bonds is 10. The fourth-order valence-electron chi connectivity index (χ4n) is 2.09. The van der Waals surface area contributed by atoms with Gasteiger partial charge in [-0.1, -0.05) is 31.2 Å². The summed E-state index contributed by atoms with van der Waals surface area (Å²) in [5.74, 6) is 0.555. The number of ether oxygens (including phenoxy) is 1. The lowest BCUT2D eigenvalue weighted by atomic mass is 10.1. The van der Waals surface area contributed by atoms with Gasteiger partial charge in [0.05, 0.1) is 6.61 Å². The smallest absolute Gasteiger partial charge is 0.367 e. The molecule has 160 valence electrons. The third-order valence-electron chi connectivity index (χ3n) is 3.46. The molecular weight excluding hydrogens is 488 g/mol. The third kappa shape index (κ3) is 12.8. The molecule has 0 radical (unpaired) electrons. The Hall–Kier alpha value is -1.56. The Bertz CT molecular complexity index is 595. The van der Waals surface area contributed by atoms with Crippen molar-refractivity contribution in [2.45, 2.75) is 39.1 Å². The second kappa shape index (κ2) is 14.4. The molecule has 0 aliphatic carbocycles. The Morgan fingerprint density at radius 1 is 1.07 bits per heavy atom. The molecule has 1 rings (SSSR count). The van der Waals surface area contributed by atoms with E-state index in [9.17, 15) is 18.0 Å². The maximum atomic E-state index is 12.0. The number of hydrogen-bond donors (Lipinski definition) is 3. The lowest BCUT2D eigenvalue weighted by Crippen LogP contribution is -2.39. The van der Waals surface area contributed by atoms with E-state index in [-0.39, 0.29) is 36.5 Å². The lowest BCUT2D eigenvalue weighted by Gasteiger charge is -2.12. The van der Waals surface area contributed by atoms with Gasteiger partial charge in [0.1, 0.15) is 6.61 Å². The van der Waals surface area contributed by atoms with Crippen LogP contribution in [0.15, 0.2) is 29.3 Å². The Morgan fingerprint density at radius 3 is 2.29 bits per heavy atom. The number of amides is 1. The zero-order chi connectivity index (χ0) is 20.1. The van der Waals surface area contributed by atoms with Crippen LogP contribution in [0.4, 0.5) is 13.2 Å². The second-order valence-corrected chi connectivity index (χ2v) is 5.88. The molecular formula is C18H28F3IN4O2. The molecule has 0 spiro atoms. The van der Waals surface area contributed by atoms with E-state index >= 15 is 0 Å². The first-order chi connectivity index (χ1) is 12.8. The summed E-state index contributed by atoms with van der Waals surface area (Å²) in [4.78, 5) is 15.6. The van der Waals surface area contributed by atoms with Gasteiger partial charge in [0.15, 0.2) is 5.96 Å². The third-order valence-corrected chi connectivity index (χ3v) is 3.46. The zero-order valence-corrected chi connectivity index (χ0v) is 18.4. The summed E-state index contributed by atoms with van der Waals surface area (Å²) in [5.41, 5.74) is 1.61. The number of carbonyl (C=O) groups excluding carboxylic acids is 1. The van der Waals surface area contributed by atoms with Crippen molar-refractivity contribution in [3.8, 4) is 0 Å². The van der Waals surface area contributed by atoms with Crippen molar-refractivity contribution in [1.29, 1.82) is 0 Å². The number of benzene rings is 1. The molecule has 0 atom stereocenters. The van der Waals surface area contributed by atoms with E-state index in [4.69, 9.17) is 0 Å². The molecule has 1 aromatic carbocycles. The maximum Gasteiger partial charge on any atom is 0.411 e. The molecule has 0 aromatic heterocycles. The zero-order valence-electron chi connectivity index (χ0n) is 16.1. The van der Waals surface area contributed by atoms with Gasteiger partial charge in [-0.05, 0) is 17.5 Å². The van der Waals surface area contributed by atoms with Gasteiger partial charge in [-0.2, -0.15) is 13.2 Å². The predicted molar refractivity (Wildman–Crippen MR) is 114 cm³/mol. The van der Waals surface area contributed by atoms with E-state index in [1.54, 1.807) is 19.2 Å². The van der Waals surface area contributed by atoms with E-state index in [0.29, 0.717) is 37.6 Å². The number of hydrogen-bond acceptors (Lipinski definition) is 3. The van der Waals surface area contributed by atoms with E-state index in [2.05, 4.69) is 25.7 Å². The van der Waals surface area contributed by atoms with Crippen molar-refractivity contribution in [1.82, 2.24) is 16.0 Å². The maximum absolute atomic E-state index is 12.0. The minimum absolute atomic E-state index is 0. The number of guanidine groups is 1. The van der Waals surface area contributed by atoms with Crippen molar-refractivity contribution >= 4 is 35.8 Å². The van der Waals surface area contributed by atoms with Gasteiger partial charge in [-0.3, -0.25) is 9.79 Å². The lowest BCUT2D eigenvalue weighted by molar-refractivity contribution is -0.176. The van der Waals surface area contributed by atoms with Crippen LogP contribution in [-0.2, 0) is 22.7 Å². The number of aliphatic imine (C=N–C) groups is 1. The SMILES string of the molecule is CCCNC(=O)CCNC(=NC)NCc1ccc(COCC(F)(F)F)cc1.I. The van der Waals surface area contributed by atoms with Crippen molar-refractivity contribution < 1.29 is 22.7 Å². The van der Waals surface area contributed by atoms with Crippen LogP contribution >= 0.6 is 24.0 Å². The standard InChI is InChI=1S/C18H27F3N4O2.HI/c1-3-9-23-16(26)8-10-24-17(22-2)25-11-14-4-6-15(7-5-14)12-27-13-18(19,20)21;/h4-7H,3,8-13H2,1-2H3,(H,23,26)(H2,22,24,25);1H.